The van der Waals surface area contributed by atoms with Gasteiger partial charge in [0.05, 0.1) is 5.69 Å². The van der Waals surface area contributed by atoms with Crippen LogP contribution in [0.1, 0.15) is 0 Å². The quantitative estimate of drug-likeness (QED) is 0.162. The van der Waals surface area contributed by atoms with Gasteiger partial charge in [0.15, 0.2) is 0 Å². The molecule has 272 valence electrons. The van der Waals surface area contributed by atoms with Gasteiger partial charge in [0, 0.05) is 33.1 Å². The highest BCUT2D eigenvalue weighted by atomic mass is 16.3. The predicted octanol–water partition coefficient (Wildman–Crippen LogP) is 16.0. The molecule has 1 aromatic heterocycles. The van der Waals surface area contributed by atoms with Crippen LogP contribution in [0.5, 0.6) is 0 Å². The molecule has 0 aliphatic rings. The Bertz CT molecular complexity index is 3250. The van der Waals surface area contributed by atoms with Gasteiger partial charge >= 0.3 is 0 Å². The van der Waals surface area contributed by atoms with Gasteiger partial charge in [-0.25, -0.2) is 0 Å². The third kappa shape index (κ3) is 5.91. The third-order valence-electron chi connectivity index (χ3n) is 11.5. The molecular weight excluding hydrogens is 703 g/mol. The summed E-state index contributed by atoms with van der Waals surface area (Å²) in [7, 11) is 0. The Kier molecular flexibility index (Phi) is 8.19. The molecule has 0 radical (unpaired) electrons. The van der Waals surface area contributed by atoms with Crippen LogP contribution in [0.3, 0.4) is 0 Å². The maximum absolute atomic E-state index is 6.53. The summed E-state index contributed by atoms with van der Waals surface area (Å²) in [6.45, 7) is 0. The average Bonchev–Trinajstić information content (AvgIpc) is 3.70. The number of para-hydroxylation sites is 1. The van der Waals surface area contributed by atoms with Gasteiger partial charge in [0.25, 0.3) is 0 Å². The zero-order valence-corrected chi connectivity index (χ0v) is 31.7. The van der Waals surface area contributed by atoms with E-state index in [4.69, 9.17) is 4.42 Å². The Morgan fingerprint density at radius 2 is 0.845 bits per heavy atom. The second-order valence-electron chi connectivity index (χ2n) is 14.9. The summed E-state index contributed by atoms with van der Waals surface area (Å²) < 4.78 is 6.53. The average molecular weight is 740 g/mol. The molecule has 1 heterocycles. The molecule has 2 heteroatoms. The Balaban J connectivity index is 0.974. The van der Waals surface area contributed by atoms with E-state index in [1.807, 2.05) is 0 Å². The Morgan fingerprint density at radius 1 is 0.310 bits per heavy atom. The normalized spacial score (nSPS) is 11.4. The number of nitrogens with zero attached hydrogens (tertiary/aromatic N) is 1. The van der Waals surface area contributed by atoms with E-state index >= 15 is 0 Å². The van der Waals surface area contributed by atoms with E-state index in [1.165, 1.54) is 49.5 Å². The van der Waals surface area contributed by atoms with Crippen molar-refractivity contribution in [1.82, 2.24) is 0 Å². The largest absolute Gasteiger partial charge is 0.455 e. The van der Waals surface area contributed by atoms with Gasteiger partial charge < -0.3 is 9.32 Å². The van der Waals surface area contributed by atoms with Crippen molar-refractivity contribution in [2.45, 2.75) is 0 Å². The minimum atomic E-state index is 0.898. The van der Waals surface area contributed by atoms with Crippen molar-refractivity contribution in [2.24, 2.45) is 0 Å². The maximum atomic E-state index is 6.53. The lowest BCUT2D eigenvalue weighted by Crippen LogP contribution is -2.11. The van der Waals surface area contributed by atoms with Crippen molar-refractivity contribution in [3.05, 3.63) is 224 Å². The van der Waals surface area contributed by atoms with Crippen LogP contribution in [0.25, 0.3) is 88.0 Å². The van der Waals surface area contributed by atoms with Gasteiger partial charge in [0.1, 0.15) is 11.2 Å². The number of anilines is 3. The lowest BCUT2D eigenvalue weighted by Gasteiger charge is -2.28. The van der Waals surface area contributed by atoms with Gasteiger partial charge in [-0.15, -0.1) is 0 Å². The molecule has 0 saturated heterocycles. The third-order valence-corrected chi connectivity index (χ3v) is 11.5. The van der Waals surface area contributed by atoms with Crippen LogP contribution in [0.2, 0.25) is 0 Å². The molecule has 0 amide bonds. The molecule has 0 bridgehead atoms. The fourth-order valence-corrected chi connectivity index (χ4v) is 8.57. The maximum Gasteiger partial charge on any atom is 0.143 e. The smallest absolute Gasteiger partial charge is 0.143 e. The molecule has 0 N–H and O–H groups in total. The van der Waals surface area contributed by atoms with Crippen LogP contribution < -0.4 is 4.90 Å². The number of fused-ring (bicyclic) bond motifs is 6. The summed E-state index contributed by atoms with van der Waals surface area (Å²) in [6, 6.07) is 80.6. The lowest BCUT2D eigenvalue weighted by molar-refractivity contribution is 0.673. The highest BCUT2D eigenvalue weighted by molar-refractivity contribution is 6.19. The summed E-state index contributed by atoms with van der Waals surface area (Å²) in [6.07, 6.45) is 0. The molecule has 0 saturated carbocycles. The standard InChI is InChI=1S/C56H37NO/c1-2-12-42(13-3-1)49-16-8-9-19-53(49)57(47-32-27-40(28-33-47)39-21-23-41(24-22-39)46-26-25-38-11-4-5-15-45(38)37-46)48-34-29-44(30-35-48)50-18-10-20-54-55(50)52-36-31-43-14-6-7-17-51(43)56(52)58-54/h1-37H. The zero-order valence-electron chi connectivity index (χ0n) is 31.7. The molecule has 11 rings (SSSR count). The van der Waals surface area contributed by atoms with Crippen LogP contribution in [0, 0.1) is 0 Å². The first-order valence-corrected chi connectivity index (χ1v) is 19.8. The molecular formula is C56H37NO. The molecule has 0 aliphatic heterocycles. The fourth-order valence-electron chi connectivity index (χ4n) is 8.57. The number of rotatable bonds is 7. The molecule has 0 spiro atoms. The highest BCUT2D eigenvalue weighted by Gasteiger charge is 2.19. The van der Waals surface area contributed by atoms with Crippen molar-refractivity contribution < 1.29 is 4.42 Å². The Labute approximate surface area is 337 Å². The van der Waals surface area contributed by atoms with E-state index in [1.54, 1.807) is 0 Å². The number of furan rings is 1. The van der Waals surface area contributed by atoms with Crippen LogP contribution in [-0.2, 0) is 0 Å². The number of benzene rings is 10. The second-order valence-corrected chi connectivity index (χ2v) is 14.9. The summed E-state index contributed by atoms with van der Waals surface area (Å²) >= 11 is 0. The van der Waals surface area contributed by atoms with E-state index in [0.717, 1.165) is 55.5 Å². The molecule has 0 aliphatic carbocycles. The van der Waals surface area contributed by atoms with E-state index in [2.05, 4.69) is 229 Å². The van der Waals surface area contributed by atoms with Gasteiger partial charge in [-0.1, -0.05) is 176 Å². The summed E-state index contributed by atoms with van der Waals surface area (Å²) in [4.78, 5) is 2.37. The van der Waals surface area contributed by atoms with Crippen LogP contribution in [0.15, 0.2) is 229 Å². The molecule has 11 aromatic rings. The molecule has 0 atom stereocenters. The van der Waals surface area contributed by atoms with E-state index in [0.29, 0.717) is 0 Å². The lowest BCUT2D eigenvalue weighted by atomic mass is 9.97. The molecule has 10 aromatic carbocycles. The van der Waals surface area contributed by atoms with Crippen LogP contribution in [0.4, 0.5) is 17.1 Å². The van der Waals surface area contributed by atoms with Crippen molar-refractivity contribution in [3.63, 3.8) is 0 Å². The summed E-state index contributed by atoms with van der Waals surface area (Å²) in [5.74, 6) is 0. The Hall–Kier alpha value is -7.68. The molecule has 0 fully saturated rings. The van der Waals surface area contributed by atoms with E-state index in [-0.39, 0.29) is 0 Å². The van der Waals surface area contributed by atoms with E-state index < -0.39 is 0 Å². The molecule has 0 unspecified atom stereocenters. The number of hydrogen-bond acceptors (Lipinski definition) is 2. The predicted molar refractivity (Wildman–Crippen MR) is 245 cm³/mol. The highest BCUT2D eigenvalue weighted by Crippen LogP contribution is 2.44. The first-order chi connectivity index (χ1) is 28.7. The van der Waals surface area contributed by atoms with E-state index in [9.17, 15) is 0 Å². The van der Waals surface area contributed by atoms with Gasteiger partial charge in [-0.05, 0) is 104 Å². The minimum absolute atomic E-state index is 0.898. The first kappa shape index (κ1) is 33.6. The topological polar surface area (TPSA) is 16.4 Å². The summed E-state index contributed by atoms with van der Waals surface area (Å²) in [5.41, 5.74) is 14.6. The fraction of sp³-hybridized carbons (Fsp3) is 0. The monoisotopic (exact) mass is 739 g/mol. The van der Waals surface area contributed by atoms with Crippen molar-refractivity contribution in [2.75, 3.05) is 4.90 Å². The van der Waals surface area contributed by atoms with Crippen molar-refractivity contribution in [1.29, 1.82) is 0 Å². The second kappa shape index (κ2) is 14.1. The first-order valence-electron chi connectivity index (χ1n) is 19.8. The summed E-state index contributed by atoms with van der Waals surface area (Å²) in [5, 5.41) is 7.10. The van der Waals surface area contributed by atoms with Gasteiger partial charge in [-0.2, -0.15) is 0 Å². The molecule has 2 nitrogen and oxygen atoms in total. The van der Waals surface area contributed by atoms with Crippen molar-refractivity contribution >= 4 is 60.5 Å². The Morgan fingerprint density at radius 3 is 1.60 bits per heavy atom. The van der Waals surface area contributed by atoms with Crippen LogP contribution >= 0.6 is 0 Å². The number of hydrogen-bond donors (Lipinski definition) is 0. The van der Waals surface area contributed by atoms with Gasteiger partial charge in [-0.3, -0.25) is 0 Å². The van der Waals surface area contributed by atoms with Crippen molar-refractivity contribution in [3.8, 4) is 44.5 Å². The molecule has 58 heavy (non-hydrogen) atoms. The SMILES string of the molecule is c1ccc(-c2ccccc2N(c2ccc(-c3ccc(-c4ccc5ccccc5c4)cc3)cc2)c2ccc(-c3cccc4oc5c6ccccc6ccc5c34)cc2)cc1. The van der Waals surface area contributed by atoms with Gasteiger partial charge in [0.2, 0.25) is 0 Å². The minimum Gasteiger partial charge on any atom is -0.455 e. The zero-order chi connectivity index (χ0) is 38.4. The van der Waals surface area contributed by atoms with Crippen LogP contribution in [-0.4, -0.2) is 0 Å².